The van der Waals surface area contributed by atoms with Gasteiger partial charge in [0, 0.05) is 15.6 Å². The summed E-state index contributed by atoms with van der Waals surface area (Å²) in [7, 11) is 0. The first-order valence-electron chi connectivity index (χ1n) is 7.57. The van der Waals surface area contributed by atoms with E-state index in [1.807, 2.05) is 41.0 Å². The van der Waals surface area contributed by atoms with Gasteiger partial charge in [-0.25, -0.2) is 4.98 Å². The summed E-state index contributed by atoms with van der Waals surface area (Å²) in [6.45, 7) is 0.531. The Morgan fingerprint density at radius 3 is 3.00 bits per heavy atom. The Hall–Kier alpha value is -2.99. The molecule has 0 bridgehead atoms. The minimum Gasteiger partial charge on any atom is -0.334 e. The van der Waals surface area contributed by atoms with Crippen LogP contribution in [0.4, 0.5) is 0 Å². The van der Waals surface area contributed by atoms with Gasteiger partial charge in [0.2, 0.25) is 0 Å². The number of rotatable bonds is 3. The number of hydrogen-bond acceptors (Lipinski definition) is 5. The van der Waals surface area contributed by atoms with Crippen molar-refractivity contribution in [3.8, 4) is 11.5 Å². The number of aromatic nitrogens is 4. The average Bonchev–Trinajstić information content (AvgIpc) is 3.34. The first-order chi connectivity index (χ1) is 11.9. The zero-order chi connectivity index (χ0) is 15.9. The van der Waals surface area contributed by atoms with Gasteiger partial charge in [-0.05, 0) is 35.7 Å². The highest BCUT2D eigenvalue weighted by Gasteiger charge is 2.13. The Kier molecular flexibility index (Phi) is 2.96. The van der Waals surface area contributed by atoms with Gasteiger partial charge in [-0.15, -0.1) is 11.3 Å². The van der Waals surface area contributed by atoms with Gasteiger partial charge in [-0.1, -0.05) is 23.4 Å². The molecule has 24 heavy (non-hydrogen) atoms. The molecule has 6 heteroatoms. The molecule has 5 nitrogen and oxygen atoms in total. The molecule has 0 amide bonds. The van der Waals surface area contributed by atoms with Crippen molar-refractivity contribution in [1.82, 2.24) is 19.7 Å². The van der Waals surface area contributed by atoms with Gasteiger partial charge in [-0.3, -0.25) is 0 Å². The molecule has 0 aliphatic heterocycles. The van der Waals surface area contributed by atoms with Crippen LogP contribution in [0, 0.1) is 0 Å². The van der Waals surface area contributed by atoms with Crippen molar-refractivity contribution in [2.24, 2.45) is 0 Å². The molecule has 0 N–H and O–H groups in total. The largest absolute Gasteiger partial charge is 0.334 e. The summed E-state index contributed by atoms with van der Waals surface area (Å²) in [5.74, 6) is 1.19. The third kappa shape index (κ3) is 2.11. The molecule has 3 heterocycles. The second-order valence-electron chi connectivity index (χ2n) is 5.51. The monoisotopic (exact) mass is 332 g/mol. The number of benzene rings is 2. The molecule has 5 rings (SSSR count). The zero-order valence-corrected chi connectivity index (χ0v) is 13.4. The lowest BCUT2D eigenvalue weighted by atomic mass is 10.1. The van der Waals surface area contributed by atoms with Crippen molar-refractivity contribution in [3.63, 3.8) is 0 Å². The quantitative estimate of drug-likeness (QED) is 0.493. The number of para-hydroxylation sites is 2. The molecular weight excluding hydrogens is 320 g/mol. The van der Waals surface area contributed by atoms with E-state index in [0.717, 1.165) is 22.0 Å². The number of hydrogen-bond donors (Lipinski definition) is 0. The topological polar surface area (TPSA) is 56.7 Å². The molecule has 0 fully saturated rings. The molecule has 116 valence electrons. The highest BCUT2D eigenvalue weighted by atomic mass is 32.1. The van der Waals surface area contributed by atoms with Gasteiger partial charge in [0.1, 0.15) is 0 Å². The van der Waals surface area contributed by atoms with Crippen molar-refractivity contribution >= 4 is 32.5 Å². The first kappa shape index (κ1) is 13.4. The molecule has 3 aromatic heterocycles. The lowest BCUT2D eigenvalue weighted by Gasteiger charge is -1.99. The van der Waals surface area contributed by atoms with Crippen molar-refractivity contribution in [2.75, 3.05) is 0 Å². The van der Waals surface area contributed by atoms with Crippen molar-refractivity contribution in [1.29, 1.82) is 0 Å². The first-order valence-corrected chi connectivity index (χ1v) is 8.45. The Morgan fingerprint density at radius 1 is 1.04 bits per heavy atom. The van der Waals surface area contributed by atoms with Crippen molar-refractivity contribution < 1.29 is 4.52 Å². The molecule has 5 aromatic rings. The van der Waals surface area contributed by atoms with Crippen LogP contribution in [0.15, 0.2) is 64.8 Å². The van der Waals surface area contributed by atoms with Crippen LogP contribution >= 0.6 is 11.3 Å². The number of imidazole rings is 1. The van der Waals surface area contributed by atoms with E-state index in [4.69, 9.17) is 4.52 Å². The summed E-state index contributed by atoms with van der Waals surface area (Å²) in [5.41, 5.74) is 3.00. The fraction of sp³-hybridized carbons (Fsp3) is 0.0556. The van der Waals surface area contributed by atoms with Crippen LogP contribution < -0.4 is 0 Å². The minimum absolute atomic E-state index is 0.531. The highest BCUT2D eigenvalue weighted by molar-refractivity contribution is 7.17. The summed E-state index contributed by atoms with van der Waals surface area (Å²) >= 11 is 1.71. The third-order valence-electron chi connectivity index (χ3n) is 4.03. The van der Waals surface area contributed by atoms with E-state index in [-0.39, 0.29) is 0 Å². The summed E-state index contributed by atoms with van der Waals surface area (Å²) in [6, 6.07) is 16.2. The lowest BCUT2D eigenvalue weighted by Crippen LogP contribution is -1.99. The lowest BCUT2D eigenvalue weighted by molar-refractivity contribution is 0.421. The molecule has 0 aliphatic carbocycles. The molecule has 0 saturated carbocycles. The predicted octanol–water partition coefficient (Wildman–Crippen LogP) is 4.35. The van der Waals surface area contributed by atoms with E-state index in [9.17, 15) is 0 Å². The Morgan fingerprint density at radius 2 is 2.00 bits per heavy atom. The van der Waals surface area contributed by atoms with Crippen LogP contribution in [-0.4, -0.2) is 19.7 Å². The standard InChI is InChI=1S/C18H12N4OS/c1-2-6-15-14(5-1)19-11-22(15)10-17-20-18(23-21-17)13-4-3-7-16-12(13)8-9-24-16/h1-9,11H,10H2. The van der Waals surface area contributed by atoms with E-state index < -0.39 is 0 Å². The summed E-state index contributed by atoms with van der Waals surface area (Å²) in [4.78, 5) is 8.96. The molecule has 2 aromatic carbocycles. The summed E-state index contributed by atoms with van der Waals surface area (Å²) in [6.07, 6.45) is 1.81. The van der Waals surface area contributed by atoms with E-state index in [1.54, 1.807) is 17.7 Å². The maximum atomic E-state index is 5.50. The van der Waals surface area contributed by atoms with Gasteiger partial charge >= 0.3 is 0 Å². The number of fused-ring (bicyclic) bond motifs is 2. The average molecular weight is 332 g/mol. The van der Waals surface area contributed by atoms with Crippen LogP contribution in [0.2, 0.25) is 0 Å². The number of thiophene rings is 1. The Balaban J connectivity index is 1.52. The van der Waals surface area contributed by atoms with Gasteiger partial charge in [0.15, 0.2) is 5.82 Å². The van der Waals surface area contributed by atoms with Crippen molar-refractivity contribution in [2.45, 2.75) is 6.54 Å². The summed E-state index contributed by atoms with van der Waals surface area (Å²) in [5, 5.41) is 7.35. The van der Waals surface area contributed by atoms with E-state index in [1.165, 1.54) is 4.70 Å². The summed E-state index contributed by atoms with van der Waals surface area (Å²) < 4.78 is 8.74. The molecular formula is C18H12N4OS. The molecule has 0 aliphatic rings. The van der Waals surface area contributed by atoms with E-state index >= 15 is 0 Å². The molecule has 0 atom stereocenters. The number of nitrogens with zero attached hydrogens (tertiary/aromatic N) is 4. The third-order valence-corrected chi connectivity index (χ3v) is 4.92. The minimum atomic E-state index is 0.531. The van der Waals surface area contributed by atoms with Gasteiger partial charge in [-0.2, -0.15) is 4.98 Å². The van der Waals surface area contributed by atoms with Crippen LogP contribution in [0.1, 0.15) is 5.82 Å². The fourth-order valence-electron chi connectivity index (χ4n) is 2.90. The Labute approximate surface area is 141 Å². The molecule has 0 unspecified atom stereocenters. The van der Waals surface area contributed by atoms with Crippen LogP contribution in [-0.2, 0) is 6.54 Å². The highest BCUT2D eigenvalue weighted by Crippen LogP contribution is 2.30. The normalized spacial score (nSPS) is 11.5. The van der Waals surface area contributed by atoms with E-state index in [2.05, 4.69) is 32.6 Å². The second-order valence-corrected chi connectivity index (χ2v) is 6.46. The smallest absolute Gasteiger partial charge is 0.258 e. The predicted molar refractivity (Wildman–Crippen MR) is 94.0 cm³/mol. The maximum Gasteiger partial charge on any atom is 0.258 e. The van der Waals surface area contributed by atoms with Crippen LogP contribution in [0.5, 0.6) is 0 Å². The fourth-order valence-corrected chi connectivity index (χ4v) is 3.71. The van der Waals surface area contributed by atoms with Gasteiger partial charge in [0.05, 0.1) is 23.9 Å². The molecule has 0 radical (unpaired) electrons. The van der Waals surface area contributed by atoms with Gasteiger partial charge < -0.3 is 9.09 Å². The Bertz CT molecular complexity index is 1150. The SMILES string of the molecule is c1ccc2c(c1)ncn2Cc1noc(-c2cccc3sccc23)n1. The van der Waals surface area contributed by atoms with Gasteiger partial charge in [0.25, 0.3) is 5.89 Å². The van der Waals surface area contributed by atoms with Crippen molar-refractivity contribution in [3.05, 3.63) is 66.1 Å². The van der Waals surface area contributed by atoms with Crippen LogP contribution in [0.3, 0.4) is 0 Å². The zero-order valence-electron chi connectivity index (χ0n) is 12.6. The van der Waals surface area contributed by atoms with Crippen LogP contribution in [0.25, 0.3) is 32.6 Å². The molecule has 0 saturated heterocycles. The van der Waals surface area contributed by atoms with E-state index in [0.29, 0.717) is 18.3 Å². The maximum absolute atomic E-state index is 5.50. The molecule has 0 spiro atoms. The second kappa shape index (κ2) is 5.28.